The lowest BCUT2D eigenvalue weighted by Gasteiger charge is -2.32. The Morgan fingerprint density at radius 3 is 2.50 bits per heavy atom. The molecular weight excluding hydrogens is 347 g/mol. The summed E-state index contributed by atoms with van der Waals surface area (Å²) in [5.74, 6) is 0.540. The van der Waals surface area contributed by atoms with Crippen molar-refractivity contribution in [2.45, 2.75) is 32.2 Å². The minimum Gasteiger partial charge on any atom is -0.398 e. The van der Waals surface area contributed by atoms with Gasteiger partial charge in [0.15, 0.2) is 0 Å². The van der Waals surface area contributed by atoms with Gasteiger partial charge in [0.25, 0.3) is 5.91 Å². The van der Waals surface area contributed by atoms with Crippen LogP contribution in [0, 0.1) is 0 Å². The number of carbonyl (C=O) groups is 1. The lowest BCUT2D eigenvalue weighted by Crippen LogP contribution is -2.38. The van der Waals surface area contributed by atoms with Crippen molar-refractivity contribution in [3.8, 4) is 0 Å². The lowest BCUT2D eigenvalue weighted by molar-refractivity contribution is 0.0714. The van der Waals surface area contributed by atoms with Crippen LogP contribution in [0.1, 0.15) is 41.6 Å². The number of amides is 1. The number of para-hydroxylation sites is 1. The predicted molar refractivity (Wildman–Crippen MR) is 101 cm³/mol. The summed E-state index contributed by atoms with van der Waals surface area (Å²) >= 11 is 0. The number of carbonyl (C=O) groups excluding carboxylic acids is 1. The second kappa shape index (κ2) is 8.94. The maximum absolute atomic E-state index is 12.5. The molecule has 5 nitrogen and oxygen atoms in total. The van der Waals surface area contributed by atoms with E-state index >= 15 is 0 Å². The van der Waals surface area contributed by atoms with Gasteiger partial charge in [0.1, 0.15) is 0 Å². The molecule has 3 rings (SSSR count). The lowest BCUT2D eigenvalue weighted by atomic mass is 9.91. The zero-order valence-electron chi connectivity index (χ0n) is 13.7. The summed E-state index contributed by atoms with van der Waals surface area (Å²) in [7, 11) is 0. The largest absolute Gasteiger partial charge is 0.398 e. The van der Waals surface area contributed by atoms with Gasteiger partial charge in [-0.15, -0.1) is 24.8 Å². The Balaban J connectivity index is 0.00000144. The third kappa shape index (κ3) is 4.22. The van der Waals surface area contributed by atoms with Gasteiger partial charge in [-0.2, -0.15) is 5.10 Å². The van der Waals surface area contributed by atoms with Crippen LogP contribution in [-0.2, 0) is 6.54 Å². The highest BCUT2D eigenvalue weighted by Gasteiger charge is 2.26. The first-order chi connectivity index (χ1) is 10.7. The quantitative estimate of drug-likeness (QED) is 0.842. The highest BCUT2D eigenvalue weighted by molar-refractivity contribution is 5.99. The molecule has 1 fully saturated rings. The summed E-state index contributed by atoms with van der Waals surface area (Å²) < 4.78 is 1.96. The van der Waals surface area contributed by atoms with Gasteiger partial charge in [0.05, 0.1) is 11.8 Å². The number of hydrogen-bond acceptors (Lipinski definition) is 3. The molecule has 2 N–H and O–H groups in total. The van der Waals surface area contributed by atoms with Gasteiger partial charge < -0.3 is 10.6 Å². The molecule has 0 unspecified atom stereocenters. The monoisotopic (exact) mass is 370 g/mol. The van der Waals surface area contributed by atoms with Crippen LogP contribution in [0.15, 0.2) is 36.7 Å². The van der Waals surface area contributed by atoms with Crippen LogP contribution in [-0.4, -0.2) is 33.7 Å². The first kappa shape index (κ1) is 20.3. The highest BCUT2D eigenvalue weighted by Crippen LogP contribution is 2.28. The van der Waals surface area contributed by atoms with E-state index in [9.17, 15) is 4.79 Å². The summed E-state index contributed by atoms with van der Waals surface area (Å²) in [6, 6.07) is 7.29. The van der Waals surface area contributed by atoms with E-state index < -0.39 is 0 Å². The Labute approximate surface area is 155 Å². The molecule has 0 saturated carbocycles. The van der Waals surface area contributed by atoms with Gasteiger partial charge in [0.2, 0.25) is 0 Å². The summed E-state index contributed by atoms with van der Waals surface area (Å²) in [5, 5.41) is 4.34. The van der Waals surface area contributed by atoms with Gasteiger partial charge in [-0.25, -0.2) is 0 Å². The van der Waals surface area contributed by atoms with Gasteiger partial charge in [-0.05, 0) is 43.4 Å². The molecule has 7 heteroatoms. The first-order valence-electron chi connectivity index (χ1n) is 7.85. The summed E-state index contributed by atoms with van der Waals surface area (Å²) in [5.41, 5.74) is 8.36. The van der Waals surface area contributed by atoms with Crippen LogP contribution in [0.5, 0.6) is 0 Å². The molecule has 0 bridgehead atoms. The van der Waals surface area contributed by atoms with Crippen LogP contribution >= 0.6 is 24.8 Å². The van der Waals surface area contributed by atoms with Crippen LogP contribution < -0.4 is 5.73 Å². The van der Waals surface area contributed by atoms with Crippen molar-refractivity contribution >= 4 is 36.4 Å². The smallest absolute Gasteiger partial charge is 0.255 e. The fraction of sp³-hybridized carbons (Fsp3) is 0.412. The summed E-state index contributed by atoms with van der Waals surface area (Å²) in [6.07, 6.45) is 6.04. The molecule has 1 amide bonds. The number of hydrogen-bond donors (Lipinski definition) is 1. The van der Waals surface area contributed by atoms with E-state index in [1.54, 1.807) is 12.1 Å². The van der Waals surface area contributed by atoms with E-state index in [2.05, 4.69) is 18.2 Å². The van der Waals surface area contributed by atoms with Crippen LogP contribution in [0.4, 0.5) is 5.69 Å². The molecule has 0 aliphatic carbocycles. The molecule has 1 saturated heterocycles. The van der Waals surface area contributed by atoms with E-state index in [0.717, 1.165) is 32.5 Å². The van der Waals surface area contributed by atoms with E-state index in [4.69, 9.17) is 5.73 Å². The number of likely N-dealkylation sites (tertiary alicyclic amines) is 1. The summed E-state index contributed by atoms with van der Waals surface area (Å²) in [4.78, 5) is 14.5. The minimum absolute atomic E-state index is 0. The average Bonchev–Trinajstić information content (AvgIpc) is 3.04. The van der Waals surface area contributed by atoms with Crippen LogP contribution in [0.2, 0.25) is 0 Å². The summed E-state index contributed by atoms with van der Waals surface area (Å²) in [6.45, 7) is 4.53. The van der Waals surface area contributed by atoms with E-state index in [1.165, 1.54) is 5.56 Å². The van der Waals surface area contributed by atoms with Gasteiger partial charge >= 0.3 is 0 Å². The second-order valence-corrected chi connectivity index (χ2v) is 5.78. The van der Waals surface area contributed by atoms with E-state index in [0.29, 0.717) is 17.2 Å². The van der Waals surface area contributed by atoms with Crippen molar-refractivity contribution in [2.24, 2.45) is 0 Å². The molecule has 1 aromatic heterocycles. The Bertz CT molecular complexity index is 666. The number of rotatable bonds is 3. The molecule has 0 atom stereocenters. The van der Waals surface area contributed by atoms with Crippen molar-refractivity contribution in [1.82, 2.24) is 14.7 Å². The molecule has 132 valence electrons. The highest BCUT2D eigenvalue weighted by atomic mass is 35.5. The molecular formula is C17H24Cl2N4O. The third-order valence-electron chi connectivity index (χ3n) is 4.42. The Kier molecular flexibility index (Phi) is 7.58. The maximum atomic E-state index is 12.5. The number of piperidine rings is 1. The minimum atomic E-state index is 0. The normalized spacial score (nSPS) is 14.6. The molecule has 0 spiro atoms. The molecule has 1 aliphatic rings. The predicted octanol–water partition coefficient (Wildman–Crippen LogP) is 3.35. The Morgan fingerprint density at radius 2 is 1.92 bits per heavy atom. The zero-order chi connectivity index (χ0) is 15.5. The number of nitrogen functional groups attached to an aromatic ring is 1. The van der Waals surface area contributed by atoms with Crippen molar-refractivity contribution < 1.29 is 4.79 Å². The molecule has 1 aliphatic heterocycles. The zero-order valence-corrected chi connectivity index (χ0v) is 15.4. The van der Waals surface area contributed by atoms with Crippen molar-refractivity contribution in [2.75, 3.05) is 18.8 Å². The molecule has 1 aromatic carbocycles. The van der Waals surface area contributed by atoms with Crippen molar-refractivity contribution in [1.29, 1.82) is 0 Å². The van der Waals surface area contributed by atoms with Crippen molar-refractivity contribution in [3.05, 3.63) is 47.8 Å². The van der Waals surface area contributed by atoms with E-state index in [1.807, 2.05) is 27.9 Å². The van der Waals surface area contributed by atoms with E-state index in [-0.39, 0.29) is 30.7 Å². The number of halogens is 2. The number of nitrogens with two attached hydrogens (primary N) is 1. The fourth-order valence-corrected chi connectivity index (χ4v) is 3.04. The number of nitrogens with zero attached hydrogens (tertiary/aromatic N) is 3. The molecule has 2 heterocycles. The van der Waals surface area contributed by atoms with Gasteiger partial charge in [-0.1, -0.05) is 12.1 Å². The van der Waals surface area contributed by atoms with Gasteiger partial charge in [0, 0.05) is 31.5 Å². The number of aryl methyl sites for hydroxylation is 1. The topological polar surface area (TPSA) is 64.2 Å². The number of benzene rings is 1. The Morgan fingerprint density at radius 1 is 1.25 bits per heavy atom. The maximum Gasteiger partial charge on any atom is 0.255 e. The van der Waals surface area contributed by atoms with Gasteiger partial charge in [-0.3, -0.25) is 9.48 Å². The van der Waals surface area contributed by atoms with Crippen molar-refractivity contribution in [3.63, 3.8) is 0 Å². The fourth-order valence-electron chi connectivity index (χ4n) is 3.04. The molecule has 2 aromatic rings. The number of aromatic nitrogens is 2. The Hall–Kier alpha value is -1.72. The second-order valence-electron chi connectivity index (χ2n) is 5.78. The van der Waals surface area contributed by atoms with Crippen LogP contribution in [0.25, 0.3) is 0 Å². The molecule has 24 heavy (non-hydrogen) atoms. The number of anilines is 1. The average molecular weight is 371 g/mol. The third-order valence-corrected chi connectivity index (χ3v) is 4.42. The first-order valence-corrected chi connectivity index (χ1v) is 7.85. The standard InChI is InChI=1S/C17H22N4O.2ClH/c1-2-21-12-14(11-19-21)13-7-9-20(10-8-13)17(22)15-5-3-4-6-16(15)18;;/h3-6,11-13H,2,7-10,18H2,1H3;2*1H. The van der Waals surface area contributed by atoms with Crippen LogP contribution in [0.3, 0.4) is 0 Å². The molecule has 0 radical (unpaired) electrons. The SMILES string of the molecule is CCn1cc(C2CCN(C(=O)c3ccccc3N)CC2)cn1.Cl.Cl.